The van der Waals surface area contributed by atoms with Gasteiger partial charge in [-0.1, -0.05) is 0 Å². The minimum Gasteiger partial charge on any atom is -0.331 e. The van der Waals surface area contributed by atoms with E-state index >= 15 is 0 Å². The van der Waals surface area contributed by atoms with E-state index < -0.39 is 33.7 Å². The van der Waals surface area contributed by atoms with Gasteiger partial charge in [0.25, 0.3) is 0 Å². The number of hydrogen-bond donors (Lipinski definition) is 0. The van der Waals surface area contributed by atoms with E-state index in [0.717, 1.165) is 0 Å². The maximum absolute atomic E-state index is 12.2. The number of carbonyl (C=O) groups excluding carboxylic acids is 1. The van der Waals surface area contributed by atoms with Gasteiger partial charge in [0.1, 0.15) is 0 Å². The summed E-state index contributed by atoms with van der Waals surface area (Å²) in [7, 11) is -3.34. The molecular weight excluding hydrogens is 247 g/mol. The number of sulfone groups is 1. The van der Waals surface area contributed by atoms with E-state index in [4.69, 9.17) is 0 Å². The average Bonchev–Trinajstić information content (AvgIpc) is 2.20. The van der Waals surface area contributed by atoms with Crippen molar-refractivity contribution in [3.8, 4) is 0 Å². The summed E-state index contributed by atoms with van der Waals surface area (Å²) in [6.45, 7) is 1.14. The molecule has 0 N–H and O–H groups in total. The third-order valence-electron chi connectivity index (χ3n) is 2.38. The highest BCUT2D eigenvalue weighted by atomic mass is 32.2. The molecule has 0 aromatic carbocycles. The van der Waals surface area contributed by atoms with Crippen LogP contribution in [0.25, 0.3) is 0 Å². The highest BCUT2D eigenvalue weighted by molar-refractivity contribution is 7.91. The van der Waals surface area contributed by atoms with Gasteiger partial charge in [-0.15, -0.1) is 0 Å². The molecule has 8 heteroatoms. The minimum atomic E-state index is -4.94. The molecule has 1 amide bonds. The zero-order valence-electron chi connectivity index (χ0n) is 8.62. The zero-order valence-corrected chi connectivity index (χ0v) is 9.44. The van der Waals surface area contributed by atoms with E-state index in [1.54, 1.807) is 0 Å². The molecule has 16 heavy (non-hydrogen) atoms. The fraction of sp³-hybridized carbons (Fsp3) is 0.875. The van der Waals surface area contributed by atoms with Gasteiger partial charge in [-0.25, -0.2) is 8.42 Å². The molecule has 0 radical (unpaired) electrons. The molecule has 0 aliphatic carbocycles. The molecule has 1 fully saturated rings. The van der Waals surface area contributed by atoms with Crippen molar-refractivity contribution < 1.29 is 26.4 Å². The lowest BCUT2D eigenvalue weighted by atomic mass is 10.3. The summed E-state index contributed by atoms with van der Waals surface area (Å²) in [6.07, 6.45) is -4.89. The fourth-order valence-corrected chi connectivity index (χ4v) is 3.33. The summed E-state index contributed by atoms with van der Waals surface area (Å²) < 4.78 is 59.1. The van der Waals surface area contributed by atoms with Crippen LogP contribution >= 0.6 is 0 Å². The van der Waals surface area contributed by atoms with Crippen LogP contribution in [0.1, 0.15) is 13.3 Å². The van der Waals surface area contributed by atoms with Gasteiger partial charge in [0.15, 0.2) is 9.84 Å². The second-order valence-electron chi connectivity index (χ2n) is 3.81. The van der Waals surface area contributed by atoms with Crippen LogP contribution in [0.2, 0.25) is 0 Å². The fourth-order valence-electron chi connectivity index (χ4n) is 1.68. The quantitative estimate of drug-likeness (QED) is 0.639. The van der Waals surface area contributed by atoms with Gasteiger partial charge in [-0.05, 0) is 13.3 Å². The van der Waals surface area contributed by atoms with Crippen molar-refractivity contribution in [3.05, 3.63) is 0 Å². The normalized spacial score (nSPS) is 26.2. The first-order valence-electron chi connectivity index (χ1n) is 4.72. The number of amides is 1. The Balaban J connectivity index is 2.87. The lowest BCUT2D eigenvalue weighted by Crippen LogP contribution is -2.47. The maximum atomic E-state index is 12.2. The van der Waals surface area contributed by atoms with E-state index in [9.17, 15) is 26.4 Å². The lowest BCUT2D eigenvalue weighted by molar-refractivity contribution is -0.187. The van der Waals surface area contributed by atoms with Crippen molar-refractivity contribution in [2.45, 2.75) is 25.6 Å². The smallest absolute Gasteiger partial charge is 0.331 e. The molecule has 4 nitrogen and oxygen atoms in total. The summed E-state index contributed by atoms with van der Waals surface area (Å²) >= 11 is 0. The standard InChI is InChI=1S/C8H12F3NO3S/c1-6-5-16(14,15)4-2-3-12(6)7(13)8(9,10)11/h6H,2-5H2,1H3. The first kappa shape index (κ1) is 13.3. The van der Waals surface area contributed by atoms with E-state index in [1.165, 1.54) is 6.92 Å². The largest absolute Gasteiger partial charge is 0.471 e. The SMILES string of the molecule is CC1CS(=O)(=O)CCCN1C(=O)C(F)(F)F. The minimum absolute atomic E-state index is 0.0501. The van der Waals surface area contributed by atoms with Gasteiger partial charge in [0.2, 0.25) is 0 Å². The third kappa shape index (κ3) is 3.10. The Morgan fingerprint density at radius 3 is 2.44 bits per heavy atom. The van der Waals surface area contributed by atoms with Crippen molar-refractivity contribution in [2.24, 2.45) is 0 Å². The summed E-state index contributed by atoms with van der Waals surface area (Å²) in [4.78, 5) is 11.6. The predicted octanol–water partition coefficient (Wildman–Crippen LogP) is 0.584. The monoisotopic (exact) mass is 259 g/mol. The Kier molecular flexibility index (Phi) is 3.51. The average molecular weight is 259 g/mol. The number of carbonyl (C=O) groups is 1. The van der Waals surface area contributed by atoms with Gasteiger partial charge in [0, 0.05) is 12.6 Å². The van der Waals surface area contributed by atoms with Gasteiger partial charge < -0.3 is 4.90 Å². The van der Waals surface area contributed by atoms with Crippen LogP contribution in [-0.2, 0) is 14.6 Å². The second kappa shape index (κ2) is 4.23. The van der Waals surface area contributed by atoms with Crippen molar-refractivity contribution in [2.75, 3.05) is 18.1 Å². The number of rotatable bonds is 0. The highest BCUT2D eigenvalue weighted by Gasteiger charge is 2.44. The Labute approximate surface area is 91.3 Å². The number of nitrogens with zero attached hydrogens (tertiary/aromatic N) is 1. The zero-order chi connectivity index (χ0) is 12.6. The predicted molar refractivity (Wildman–Crippen MR) is 50.5 cm³/mol. The Hall–Kier alpha value is -0.790. The van der Waals surface area contributed by atoms with Crippen molar-refractivity contribution in [1.29, 1.82) is 0 Å². The Morgan fingerprint density at radius 2 is 1.94 bits per heavy atom. The lowest BCUT2D eigenvalue weighted by Gasteiger charge is -2.27. The molecular formula is C8H12F3NO3S. The topological polar surface area (TPSA) is 54.5 Å². The molecule has 0 aromatic heterocycles. The summed E-state index contributed by atoms with van der Waals surface area (Å²) in [5, 5.41) is 0. The van der Waals surface area contributed by atoms with Gasteiger partial charge in [-0.3, -0.25) is 4.79 Å². The molecule has 1 heterocycles. The van der Waals surface area contributed by atoms with Gasteiger partial charge >= 0.3 is 12.1 Å². The summed E-state index contributed by atoms with van der Waals surface area (Å²) in [6, 6.07) is -0.929. The molecule has 94 valence electrons. The first-order valence-corrected chi connectivity index (χ1v) is 6.54. The molecule has 1 aliphatic heterocycles. The molecule has 1 rings (SSSR count). The van der Waals surface area contributed by atoms with Crippen LogP contribution in [0, 0.1) is 0 Å². The first-order chi connectivity index (χ1) is 7.13. The molecule has 0 aromatic rings. The van der Waals surface area contributed by atoms with E-state index in [2.05, 4.69) is 0 Å². The van der Waals surface area contributed by atoms with Crippen molar-refractivity contribution >= 4 is 15.7 Å². The molecule has 0 bridgehead atoms. The molecule has 1 aliphatic rings. The Bertz CT molecular complexity index is 376. The molecule has 1 atom stereocenters. The van der Waals surface area contributed by atoms with Crippen LogP contribution in [0.15, 0.2) is 0 Å². The van der Waals surface area contributed by atoms with Crippen molar-refractivity contribution in [3.63, 3.8) is 0 Å². The molecule has 1 unspecified atom stereocenters. The van der Waals surface area contributed by atoms with Crippen LogP contribution < -0.4 is 0 Å². The number of hydrogen-bond acceptors (Lipinski definition) is 3. The summed E-state index contributed by atoms with van der Waals surface area (Å²) in [5.74, 6) is -2.54. The molecule has 1 saturated heterocycles. The van der Waals surface area contributed by atoms with Gasteiger partial charge in [0.05, 0.1) is 11.5 Å². The van der Waals surface area contributed by atoms with Crippen LogP contribution in [0.4, 0.5) is 13.2 Å². The second-order valence-corrected chi connectivity index (χ2v) is 6.04. The number of alkyl halides is 3. The van der Waals surface area contributed by atoms with Crippen molar-refractivity contribution in [1.82, 2.24) is 4.90 Å². The van der Waals surface area contributed by atoms with Crippen LogP contribution in [0.3, 0.4) is 0 Å². The third-order valence-corrected chi connectivity index (χ3v) is 4.29. The van der Waals surface area contributed by atoms with E-state index in [0.29, 0.717) is 4.90 Å². The molecule has 0 saturated carbocycles. The highest BCUT2D eigenvalue weighted by Crippen LogP contribution is 2.22. The number of halogens is 3. The molecule has 0 spiro atoms. The Morgan fingerprint density at radius 1 is 1.38 bits per heavy atom. The van der Waals surface area contributed by atoms with Gasteiger partial charge in [-0.2, -0.15) is 13.2 Å². The van der Waals surface area contributed by atoms with Crippen LogP contribution in [0.5, 0.6) is 0 Å². The van der Waals surface area contributed by atoms with E-state index in [1.807, 2.05) is 0 Å². The summed E-state index contributed by atoms with van der Waals surface area (Å²) in [5.41, 5.74) is 0. The maximum Gasteiger partial charge on any atom is 0.471 e. The van der Waals surface area contributed by atoms with Crippen LogP contribution in [-0.4, -0.2) is 49.5 Å². The van der Waals surface area contributed by atoms with E-state index in [-0.39, 0.29) is 18.7 Å².